The molecule has 0 amide bonds. The molecule has 0 aliphatic carbocycles. The molecule has 0 saturated carbocycles. The normalized spacial score (nSPS) is 11.9. The molecule has 0 aliphatic rings. The molecule has 0 atom stereocenters. The first-order valence-electron chi connectivity index (χ1n) is 6.88. The highest BCUT2D eigenvalue weighted by atomic mass is 16.5. The van der Waals surface area contributed by atoms with Crippen molar-refractivity contribution in [2.45, 2.75) is 47.1 Å². The van der Waals surface area contributed by atoms with Crippen LogP contribution in [0, 0.1) is 5.41 Å². The highest BCUT2D eigenvalue weighted by Crippen LogP contribution is 2.18. The summed E-state index contributed by atoms with van der Waals surface area (Å²) in [5.74, 6) is 0.963. The van der Waals surface area contributed by atoms with Crippen LogP contribution in [-0.2, 0) is 6.42 Å². The minimum absolute atomic E-state index is 0.147. The van der Waals surface area contributed by atoms with Gasteiger partial charge in [0.25, 0.3) is 0 Å². The van der Waals surface area contributed by atoms with Crippen LogP contribution in [0.25, 0.3) is 0 Å². The summed E-state index contributed by atoms with van der Waals surface area (Å²) in [6.45, 7) is 12.7. The van der Waals surface area contributed by atoms with E-state index in [4.69, 9.17) is 4.74 Å². The summed E-state index contributed by atoms with van der Waals surface area (Å²) in [6.07, 6.45) is 1.07. The maximum Gasteiger partial charge on any atom is 0.119 e. The molecular formula is C16H27NO. The zero-order chi connectivity index (χ0) is 13.6. The molecule has 0 unspecified atom stereocenters. The van der Waals surface area contributed by atoms with Crippen LogP contribution in [-0.4, -0.2) is 19.2 Å². The first-order chi connectivity index (χ1) is 8.43. The third-order valence-electron chi connectivity index (χ3n) is 2.95. The number of ether oxygens (including phenoxy) is 1. The van der Waals surface area contributed by atoms with E-state index in [0.29, 0.717) is 6.04 Å². The van der Waals surface area contributed by atoms with Crippen molar-refractivity contribution in [2.75, 3.05) is 13.2 Å². The zero-order valence-corrected chi connectivity index (χ0v) is 12.4. The third-order valence-corrected chi connectivity index (χ3v) is 2.95. The molecule has 0 heterocycles. The minimum atomic E-state index is 0.147. The first kappa shape index (κ1) is 15.0. The van der Waals surface area contributed by atoms with Gasteiger partial charge in [0.15, 0.2) is 0 Å². The second kappa shape index (κ2) is 6.79. The van der Waals surface area contributed by atoms with Crippen molar-refractivity contribution in [3.8, 4) is 5.75 Å². The summed E-state index contributed by atoms with van der Waals surface area (Å²) in [6, 6.07) is 8.91. The molecule has 0 saturated heterocycles. The standard InChI is InChI=1S/C16H27NO/c1-6-14-7-9-15(10-8-14)18-12-16(4,5)11-17-13(2)3/h7-10,13,17H,6,11-12H2,1-5H3. The van der Waals surface area contributed by atoms with Crippen molar-refractivity contribution in [1.82, 2.24) is 5.32 Å². The smallest absolute Gasteiger partial charge is 0.119 e. The van der Waals surface area contributed by atoms with Gasteiger partial charge in [-0.25, -0.2) is 0 Å². The van der Waals surface area contributed by atoms with Gasteiger partial charge in [-0.1, -0.05) is 46.8 Å². The summed E-state index contributed by atoms with van der Waals surface area (Å²) < 4.78 is 5.86. The molecule has 0 spiro atoms. The van der Waals surface area contributed by atoms with E-state index in [2.05, 4.69) is 64.2 Å². The number of rotatable bonds is 7. The highest BCUT2D eigenvalue weighted by molar-refractivity contribution is 5.27. The molecule has 1 rings (SSSR count). The molecular weight excluding hydrogens is 222 g/mol. The molecule has 0 radical (unpaired) electrons. The molecule has 2 nitrogen and oxygen atoms in total. The second-order valence-electron chi connectivity index (χ2n) is 5.99. The Morgan fingerprint density at radius 2 is 1.78 bits per heavy atom. The molecule has 1 N–H and O–H groups in total. The molecule has 18 heavy (non-hydrogen) atoms. The van der Waals surface area contributed by atoms with Gasteiger partial charge in [0, 0.05) is 18.0 Å². The van der Waals surface area contributed by atoms with Crippen molar-refractivity contribution < 1.29 is 4.74 Å². The van der Waals surface area contributed by atoms with Crippen LogP contribution in [0.3, 0.4) is 0 Å². The predicted molar refractivity (Wildman–Crippen MR) is 78.2 cm³/mol. The van der Waals surface area contributed by atoms with E-state index in [0.717, 1.165) is 25.3 Å². The maximum atomic E-state index is 5.86. The Bertz CT molecular complexity index is 341. The highest BCUT2D eigenvalue weighted by Gasteiger charge is 2.19. The maximum absolute atomic E-state index is 5.86. The number of hydrogen-bond acceptors (Lipinski definition) is 2. The van der Waals surface area contributed by atoms with E-state index in [1.807, 2.05) is 0 Å². The largest absolute Gasteiger partial charge is 0.493 e. The molecule has 0 fully saturated rings. The molecule has 0 aromatic heterocycles. The Balaban J connectivity index is 2.42. The van der Waals surface area contributed by atoms with Gasteiger partial charge >= 0.3 is 0 Å². The topological polar surface area (TPSA) is 21.3 Å². The quantitative estimate of drug-likeness (QED) is 0.796. The lowest BCUT2D eigenvalue weighted by molar-refractivity contribution is 0.173. The summed E-state index contributed by atoms with van der Waals surface area (Å²) >= 11 is 0. The summed E-state index contributed by atoms with van der Waals surface area (Å²) in [5, 5.41) is 3.46. The molecule has 0 aliphatic heterocycles. The Morgan fingerprint density at radius 3 is 2.28 bits per heavy atom. The van der Waals surface area contributed by atoms with E-state index >= 15 is 0 Å². The van der Waals surface area contributed by atoms with Crippen molar-refractivity contribution in [3.05, 3.63) is 29.8 Å². The Labute approximate surface area is 112 Å². The average Bonchev–Trinajstić information content (AvgIpc) is 2.35. The van der Waals surface area contributed by atoms with Crippen LogP contribution in [0.2, 0.25) is 0 Å². The fourth-order valence-electron chi connectivity index (χ4n) is 1.63. The average molecular weight is 249 g/mol. The fourth-order valence-corrected chi connectivity index (χ4v) is 1.63. The van der Waals surface area contributed by atoms with Crippen LogP contribution < -0.4 is 10.1 Å². The van der Waals surface area contributed by atoms with Gasteiger partial charge < -0.3 is 10.1 Å². The van der Waals surface area contributed by atoms with Gasteiger partial charge in [-0.2, -0.15) is 0 Å². The van der Waals surface area contributed by atoms with Crippen LogP contribution in [0.5, 0.6) is 5.75 Å². The van der Waals surface area contributed by atoms with Crippen LogP contribution in [0.15, 0.2) is 24.3 Å². The zero-order valence-electron chi connectivity index (χ0n) is 12.4. The lowest BCUT2D eigenvalue weighted by atomic mass is 9.94. The lowest BCUT2D eigenvalue weighted by Crippen LogP contribution is -2.37. The van der Waals surface area contributed by atoms with E-state index in [-0.39, 0.29) is 5.41 Å². The van der Waals surface area contributed by atoms with Gasteiger partial charge in [0.1, 0.15) is 5.75 Å². The van der Waals surface area contributed by atoms with E-state index < -0.39 is 0 Å². The van der Waals surface area contributed by atoms with Gasteiger partial charge in [-0.3, -0.25) is 0 Å². The summed E-state index contributed by atoms with van der Waals surface area (Å²) in [5.41, 5.74) is 1.50. The number of nitrogens with one attached hydrogen (secondary N) is 1. The van der Waals surface area contributed by atoms with Crippen molar-refractivity contribution >= 4 is 0 Å². The van der Waals surface area contributed by atoms with E-state index in [1.54, 1.807) is 0 Å². The number of hydrogen-bond donors (Lipinski definition) is 1. The van der Waals surface area contributed by atoms with Gasteiger partial charge in [-0.15, -0.1) is 0 Å². The van der Waals surface area contributed by atoms with Gasteiger partial charge in [0.05, 0.1) is 6.61 Å². The molecule has 102 valence electrons. The van der Waals surface area contributed by atoms with Crippen LogP contribution in [0.1, 0.15) is 40.2 Å². The number of aryl methyl sites for hydroxylation is 1. The van der Waals surface area contributed by atoms with Crippen LogP contribution in [0.4, 0.5) is 0 Å². The van der Waals surface area contributed by atoms with Crippen molar-refractivity contribution in [2.24, 2.45) is 5.41 Å². The Kier molecular flexibility index (Phi) is 5.67. The SMILES string of the molecule is CCc1ccc(OCC(C)(C)CNC(C)C)cc1. The molecule has 2 heteroatoms. The molecule has 1 aromatic carbocycles. The first-order valence-corrected chi connectivity index (χ1v) is 6.88. The molecule has 0 bridgehead atoms. The predicted octanol–water partition coefficient (Wildman–Crippen LogP) is 3.65. The fraction of sp³-hybridized carbons (Fsp3) is 0.625. The third kappa shape index (κ3) is 5.54. The monoisotopic (exact) mass is 249 g/mol. The van der Waals surface area contributed by atoms with Crippen LogP contribution >= 0.6 is 0 Å². The summed E-state index contributed by atoms with van der Waals surface area (Å²) in [4.78, 5) is 0. The van der Waals surface area contributed by atoms with E-state index in [1.165, 1.54) is 5.56 Å². The summed E-state index contributed by atoms with van der Waals surface area (Å²) in [7, 11) is 0. The van der Waals surface area contributed by atoms with Crippen molar-refractivity contribution in [3.63, 3.8) is 0 Å². The van der Waals surface area contributed by atoms with Gasteiger partial charge in [0.2, 0.25) is 0 Å². The van der Waals surface area contributed by atoms with Crippen molar-refractivity contribution in [1.29, 1.82) is 0 Å². The second-order valence-corrected chi connectivity index (χ2v) is 5.99. The van der Waals surface area contributed by atoms with E-state index in [9.17, 15) is 0 Å². The van der Waals surface area contributed by atoms with Gasteiger partial charge in [-0.05, 0) is 24.1 Å². The number of benzene rings is 1. The minimum Gasteiger partial charge on any atom is -0.493 e. The lowest BCUT2D eigenvalue weighted by Gasteiger charge is -2.26. The molecule has 1 aromatic rings. The Morgan fingerprint density at radius 1 is 1.17 bits per heavy atom. The Hall–Kier alpha value is -1.02.